The first-order chi connectivity index (χ1) is 15.1. The number of oxazole rings is 1. The highest BCUT2D eigenvalue weighted by Crippen LogP contribution is 2.32. The first kappa shape index (κ1) is 19.5. The number of likely N-dealkylation sites (tertiary alicyclic amines) is 1. The number of fused-ring (bicyclic) bond motifs is 1. The number of halogens is 2. The molecule has 1 aliphatic heterocycles. The molecule has 0 aliphatic carbocycles. The number of piperidine rings is 1. The zero-order valence-corrected chi connectivity index (χ0v) is 16.8. The molecule has 1 saturated heterocycles. The van der Waals surface area contributed by atoms with Gasteiger partial charge >= 0.3 is 0 Å². The average molecular weight is 421 g/mol. The molecule has 2 aromatic carbocycles. The lowest BCUT2D eigenvalue weighted by Crippen LogP contribution is -2.38. The maximum Gasteiger partial charge on any atom is 0.270 e. The molecule has 3 heterocycles. The summed E-state index contributed by atoms with van der Waals surface area (Å²) in [5, 5.41) is 0.662. The second-order valence-electron chi connectivity index (χ2n) is 7.87. The van der Waals surface area contributed by atoms with Crippen molar-refractivity contribution in [2.75, 3.05) is 6.54 Å². The van der Waals surface area contributed by atoms with Gasteiger partial charge < -0.3 is 14.3 Å². The van der Waals surface area contributed by atoms with E-state index in [9.17, 15) is 13.6 Å². The normalized spacial score (nSPS) is 16.7. The number of rotatable bonds is 4. The lowest BCUT2D eigenvalue weighted by molar-refractivity contribution is 0.0565. The van der Waals surface area contributed by atoms with Gasteiger partial charge in [-0.2, -0.15) is 0 Å². The van der Waals surface area contributed by atoms with Crippen molar-refractivity contribution >= 4 is 16.8 Å². The molecule has 7 heteroatoms. The molecule has 5 rings (SSSR count). The largest absolute Gasteiger partial charge is 0.443 e. The van der Waals surface area contributed by atoms with Crippen molar-refractivity contribution in [3.05, 3.63) is 89.3 Å². The van der Waals surface area contributed by atoms with Crippen LogP contribution in [0, 0.1) is 11.6 Å². The fourth-order valence-electron chi connectivity index (χ4n) is 4.18. The molecule has 0 saturated carbocycles. The molecule has 1 aliphatic rings. The first-order valence-corrected chi connectivity index (χ1v) is 10.4. The van der Waals surface area contributed by atoms with E-state index in [0.717, 1.165) is 24.8 Å². The Hall–Kier alpha value is -3.48. The third kappa shape index (κ3) is 3.83. The van der Waals surface area contributed by atoms with E-state index < -0.39 is 0 Å². The van der Waals surface area contributed by atoms with Crippen molar-refractivity contribution in [2.45, 2.75) is 31.7 Å². The van der Waals surface area contributed by atoms with Crippen LogP contribution in [0.4, 0.5) is 8.78 Å². The van der Waals surface area contributed by atoms with Crippen LogP contribution in [0.15, 0.2) is 59.1 Å². The van der Waals surface area contributed by atoms with Crippen LogP contribution in [0.25, 0.3) is 10.9 Å². The Labute approximate surface area is 177 Å². The van der Waals surface area contributed by atoms with Crippen LogP contribution in [0.2, 0.25) is 0 Å². The highest BCUT2D eigenvalue weighted by atomic mass is 19.1. The number of nitrogens with zero attached hydrogens (tertiary/aromatic N) is 2. The van der Waals surface area contributed by atoms with Crippen molar-refractivity contribution in [3.63, 3.8) is 0 Å². The summed E-state index contributed by atoms with van der Waals surface area (Å²) in [5.74, 6) is 0.290. The number of amides is 1. The van der Waals surface area contributed by atoms with Crippen LogP contribution in [-0.2, 0) is 6.42 Å². The number of H-pyrrole nitrogens is 1. The minimum Gasteiger partial charge on any atom is -0.443 e. The molecule has 1 atom stereocenters. The van der Waals surface area contributed by atoms with Gasteiger partial charge in [-0.3, -0.25) is 4.79 Å². The molecule has 4 aromatic rings. The number of hydrogen-bond donors (Lipinski definition) is 1. The zero-order valence-electron chi connectivity index (χ0n) is 16.8. The third-order valence-corrected chi connectivity index (χ3v) is 5.75. The minimum absolute atomic E-state index is 0.196. The molecular formula is C24H21F2N3O2. The number of para-hydroxylation sites is 1. The van der Waals surface area contributed by atoms with Gasteiger partial charge in [-0.1, -0.05) is 24.3 Å². The summed E-state index contributed by atoms with van der Waals surface area (Å²) in [5.41, 5.74) is 1.60. The Kier molecular flexibility index (Phi) is 5.02. The van der Waals surface area contributed by atoms with Crippen LogP contribution in [0.3, 0.4) is 0 Å². The van der Waals surface area contributed by atoms with Gasteiger partial charge in [0.1, 0.15) is 29.1 Å². The van der Waals surface area contributed by atoms with Gasteiger partial charge in [-0.05, 0) is 49.1 Å². The Morgan fingerprint density at radius 2 is 2.00 bits per heavy atom. The van der Waals surface area contributed by atoms with Gasteiger partial charge in [-0.25, -0.2) is 13.8 Å². The maximum absolute atomic E-state index is 14.0. The average Bonchev–Trinajstić information content (AvgIpc) is 3.43. The van der Waals surface area contributed by atoms with E-state index in [-0.39, 0.29) is 23.6 Å². The molecule has 158 valence electrons. The number of nitrogens with one attached hydrogen (secondary N) is 1. The fourth-order valence-corrected chi connectivity index (χ4v) is 4.18. The van der Waals surface area contributed by atoms with Crippen molar-refractivity contribution in [1.82, 2.24) is 14.9 Å². The number of carbonyl (C=O) groups excluding carboxylic acids is 1. The molecular weight excluding hydrogens is 400 g/mol. The first-order valence-electron chi connectivity index (χ1n) is 10.4. The van der Waals surface area contributed by atoms with Crippen LogP contribution < -0.4 is 0 Å². The van der Waals surface area contributed by atoms with Gasteiger partial charge in [-0.15, -0.1) is 0 Å². The Morgan fingerprint density at radius 1 is 1.16 bits per heavy atom. The van der Waals surface area contributed by atoms with Gasteiger partial charge in [0.2, 0.25) is 5.89 Å². The standard InChI is InChI=1S/C24H21F2N3O2/c25-17-9-7-15(8-10-17)12-18-14-27-23(31-18)21-6-1-2-11-29(21)24(30)20-13-16-4-3-5-19(26)22(16)28-20/h3-5,7-10,13-14,21,28H,1-2,6,11-12H2. The second-order valence-corrected chi connectivity index (χ2v) is 7.87. The number of hydrogen-bond acceptors (Lipinski definition) is 3. The summed E-state index contributed by atoms with van der Waals surface area (Å²) >= 11 is 0. The van der Waals surface area contributed by atoms with E-state index in [1.54, 1.807) is 41.4 Å². The summed E-state index contributed by atoms with van der Waals surface area (Å²) in [4.78, 5) is 22.4. The van der Waals surface area contributed by atoms with Gasteiger partial charge in [0.05, 0.1) is 11.7 Å². The zero-order chi connectivity index (χ0) is 21.4. The molecule has 1 fully saturated rings. The van der Waals surface area contributed by atoms with Gasteiger partial charge in [0.15, 0.2) is 0 Å². The molecule has 0 spiro atoms. The van der Waals surface area contributed by atoms with Gasteiger partial charge in [0.25, 0.3) is 5.91 Å². The molecule has 2 aromatic heterocycles. The monoisotopic (exact) mass is 421 g/mol. The molecule has 1 unspecified atom stereocenters. The van der Waals surface area contributed by atoms with E-state index >= 15 is 0 Å². The SMILES string of the molecule is O=C(c1cc2cccc(F)c2[nH]1)N1CCCCC1c1ncc(Cc2ccc(F)cc2)o1. The number of aromatic amines is 1. The van der Waals surface area contributed by atoms with Crippen molar-refractivity contribution in [2.24, 2.45) is 0 Å². The quantitative estimate of drug-likeness (QED) is 0.480. The van der Waals surface area contributed by atoms with Crippen molar-refractivity contribution in [1.29, 1.82) is 0 Å². The van der Waals surface area contributed by atoms with Crippen molar-refractivity contribution < 1.29 is 18.0 Å². The lowest BCUT2D eigenvalue weighted by atomic mass is 10.0. The predicted molar refractivity (Wildman–Crippen MR) is 112 cm³/mol. The summed E-state index contributed by atoms with van der Waals surface area (Å²) in [7, 11) is 0. The Morgan fingerprint density at radius 3 is 2.81 bits per heavy atom. The molecule has 1 amide bonds. The smallest absolute Gasteiger partial charge is 0.270 e. The molecule has 1 N–H and O–H groups in total. The van der Waals surface area contributed by atoms with Crippen LogP contribution >= 0.6 is 0 Å². The highest BCUT2D eigenvalue weighted by molar-refractivity contribution is 5.98. The van der Waals surface area contributed by atoms with Crippen LogP contribution in [-0.4, -0.2) is 27.3 Å². The number of aromatic nitrogens is 2. The molecule has 5 nitrogen and oxygen atoms in total. The van der Waals surface area contributed by atoms with E-state index in [2.05, 4.69) is 9.97 Å². The lowest BCUT2D eigenvalue weighted by Gasteiger charge is -2.33. The summed E-state index contributed by atoms with van der Waals surface area (Å²) in [6.07, 6.45) is 4.76. The summed E-state index contributed by atoms with van der Waals surface area (Å²) in [6.45, 7) is 0.580. The van der Waals surface area contributed by atoms with E-state index in [1.165, 1.54) is 18.2 Å². The summed E-state index contributed by atoms with van der Waals surface area (Å²) < 4.78 is 33.2. The highest BCUT2D eigenvalue weighted by Gasteiger charge is 2.32. The van der Waals surface area contributed by atoms with Gasteiger partial charge in [0, 0.05) is 18.4 Å². The minimum atomic E-state index is -0.384. The Balaban J connectivity index is 1.39. The third-order valence-electron chi connectivity index (χ3n) is 5.75. The Bertz CT molecular complexity index is 1230. The fraction of sp³-hybridized carbons (Fsp3) is 0.250. The van der Waals surface area contributed by atoms with Crippen LogP contribution in [0.5, 0.6) is 0 Å². The second kappa shape index (κ2) is 7.98. The van der Waals surface area contributed by atoms with E-state index in [1.807, 2.05) is 0 Å². The predicted octanol–water partition coefficient (Wildman–Crippen LogP) is 5.39. The van der Waals surface area contributed by atoms with Crippen molar-refractivity contribution in [3.8, 4) is 0 Å². The van der Waals surface area contributed by atoms with E-state index in [4.69, 9.17) is 4.42 Å². The van der Waals surface area contributed by atoms with Crippen LogP contribution in [0.1, 0.15) is 53.0 Å². The maximum atomic E-state index is 14.0. The van der Waals surface area contributed by atoms with E-state index in [0.29, 0.717) is 41.2 Å². The topological polar surface area (TPSA) is 62.1 Å². The molecule has 31 heavy (non-hydrogen) atoms. The summed E-state index contributed by atoms with van der Waals surface area (Å²) in [6, 6.07) is 12.4. The number of benzene rings is 2. The molecule has 0 radical (unpaired) electrons. The molecule has 0 bridgehead atoms. The number of carbonyl (C=O) groups is 1.